The van der Waals surface area contributed by atoms with E-state index in [9.17, 15) is 0 Å². The van der Waals surface area contributed by atoms with E-state index in [1.807, 2.05) is 12.4 Å². The summed E-state index contributed by atoms with van der Waals surface area (Å²) in [6, 6.07) is 2.33. The van der Waals surface area contributed by atoms with Crippen LogP contribution >= 0.6 is 0 Å². The quantitative estimate of drug-likeness (QED) is 0.778. The molecule has 1 atom stereocenters. The molecular formula is C16H25N3. The van der Waals surface area contributed by atoms with Crippen molar-refractivity contribution in [2.75, 3.05) is 13.1 Å². The van der Waals surface area contributed by atoms with Crippen LogP contribution in [0.4, 0.5) is 0 Å². The normalized spacial score (nSPS) is 26.6. The Morgan fingerprint density at radius 2 is 2.00 bits per heavy atom. The van der Waals surface area contributed by atoms with Crippen LogP contribution in [-0.4, -0.2) is 28.5 Å². The van der Waals surface area contributed by atoms with Crippen molar-refractivity contribution in [3.8, 4) is 0 Å². The van der Waals surface area contributed by atoms with Crippen LogP contribution in [0.2, 0.25) is 0 Å². The fourth-order valence-electron chi connectivity index (χ4n) is 3.81. The van der Waals surface area contributed by atoms with Crippen LogP contribution in [0.3, 0.4) is 0 Å². The van der Waals surface area contributed by atoms with E-state index in [2.05, 4.69) is 36.7 Å². The van der Waals surface area contributed by atoms with Gasteiger partial charge in [0.2, 0.25) is 0 Å². The van der Waals surface area contributed by atoms with E-state index < -0.39 is 0 Å². The van der Waals surface area contributed by atoms with Gasteiger partial charge in [0.25, 0.3) is 0 Å². The summed E-state index contributed by atoms with van der Waals surface area (Å²) >= 11 is 0. The van der Waals surface area contributed by atoms with Crippen LogP contribution in [0.25, 0.3) is 0 Å². The van der Waals surface area contributed by atoms with Crippen LogP contribution in [0, 0.1) is 5.41 Å². The summed E-state index contributed by atoms with van der Waals surface area (Å²) in [7, 11) is 0. The number of likely N-dealkylation sites (tertiary alicyclic amines) is 1. The van der Waals surface area contributed by atoms with Gasteiger partial charge >= 0.3 is 0 Å². The smallest absolute Gasteiger partial charge is 0.0374 e. The molecule has 3 heteroatoms. The van der Waals surface area contributed by atoms with Gasteiger partial charge in [0.15, 0.2) is 0 Å². The predicted octanol–water partition coefficient (Wildman–Crippen LogP) is 2.52. The number of fused-ring (bicyclic) bond motifs is 1. The Kier molecular flexibility index (Phi) is 2.95. The molecule has 3 nitrogen and oxygen atoms in total. The molecule has 1 spiro atoms. The third-order valence-corrected chi connectivity index (χ3v) is 5.19. The van der Waals surface area contributed by atoms with E-state index in [4.69, 9.17) is 5.73 Å². The fourth-order valence-corrected chi connectivity index (χ4v) is 3.81. The van der Waals surface area contributed by atoms with Crippen LogP contribution in [0.15, 0.2) is 18.5 Å². The number of hydrogen-bond acceptors (Lipinski definition) is 3. The lowest BCUT2D eigenvalue weighted by atomic mass is 9.72. The molecule has 2 N–H and O–H groups in total. The molecule has 0 bridgehead atoms. The molecule has 0 saturated carbocycles. The van der Waals surface area contributed by atoms with Gasteiger partial charge in [-0.1, -0.05) is 0 Å². The molecule has 0 amide bonds. The average Bonchev–Trinajstić information content (AvgIpc) is 2.63. The maximum atomic E-state index is 6.55. The lowest BCUT2D eigenvalue weighted by Gasteiger charge is -2.47. The van der Waals surface area contributed by atoms with Gasteiger partial charge in [0, 0.05) is 24.0 Å². The van der Waals surface area contributed by atoms with Gasteiger partial charge in [-0.3, -0.25) is 9.88 Å². The van der Waals surface area contributed by atoms with E-state index >= 15 is 0 Å². The van der Waals surface area contributed by atoms with Crippen molar-refractivity contribution in [2.24, 2.45) is 11.1 Å². The number of aromatic nitrogens is 1. The number of rotatable bonds is 0. The third kappa shape index (κ3) is 2.09. The van der Waals surface area contributed by atoms with Crippen molar-refractivity contribution in [3.05, 3.63) is 29.6 Å². The minimum absolute atomic E-state index is 0.179. The molecule has 3 rings (SSSR count). The molecule has 2 aliphatic rings. The highest BCUT2D eigenvalue weighted by molar-refractivity contribution is 5.35. The number of piperidine rings is 1. The van der Waals surface area contributed by atoms with Crippen molar-refractivity contribution >= 4 is 0 Å². The Balaban J connectivity index is 1.79. The zero-order valence-corrected chi connectivity index (χ0v) is 12.3. The maximum absolute atomic E-state index is 6.55. The topological polar surface area (TPSA) is 42.2 Å². The Hall–Kier alpha value is -0.930. The standard InChI is InChI=1S/C16H25N3/c1-15(2,3)19-8-5-16(6-9-19)10-12-4-7-18-11-13(12)14(16)17/h4,7,11,14H,5-6,8-10,17H2,1-3H3/t14-/m1/s1. The summed E-state index contributed by atoms with van der Waals surface area (Å²) in [5.41, 5.74) is 9.82. The number of nitrogens with zero attached hydrogens (tertiary/aromatic N) is 2. The van der Waals surface area contributed by atoms with Gasteiger partial charge in [-0.25, -0.2) is 0 Å². The molecule has 0 unspecified atom stereocenters. The molecule has 0 radical (unpaired) electrons. The molecule has 1 aliphatic carbocycles. The first-order valence-electron chi connectivity index (χ1n) is 7.36. The predicted molar refractivity (Wildman–Crippen MR) is 77.9 cm³/mol. The van der Waals surface area contributed by atoms with Crippen molar-refractivity contribution < 1.29 is 0 Å². The van der Waals surface area contributed by atoms with E-state index in [0.29, 0.717) is 0 Å². The molecule has 1 fully saturated rings. The van der Waals surface area contributed by atoms with Crippen LogP contribution in [0.1, 0.15) is 50.8 Å². The molecule has 1 aromatic heterocycles. The number of pyridine rings is 1. The zero-order chi connectivity index (χ0) is 13.7. The SMILES string of the molecule is CC(C)(C)N1CCC2(CC1)Cc1ccncc1[C@H]2N. The number of hydrogen-bond donors (Lipinski definition) is 1. The summed E-state index contributed by atoms with van der Waals surface area (Å²) in [5.74, 6) is 0. The zero-order valence-electron chi connectivity index (χ0n) is 12.3. The van der Waals surface area contributed by atoms with Crippen molar-refractivity contribution in [1.82, 2.24) is 9.88 Å². The third-order valence-electron chi connectivity index (χ3n) is 5.19. The first-order valence-corrected chi connectivity index (χ1v) is 7.36. The van der Waals surface area contributed by atoms with E-state index in [1.54, 1.807) is 0 Å². The summed E-state index contributed by atoms with van der Waals surface area (Å²) < 4.78 is 0. The molecule has 104 valence electrons. The monoisotopic (exact) mass is 259 g/mol. The molecule has 1 saturated heterocycles. The Labute approximate surface area is 116 Å². The summed E-state index contributed by atoms with van der Waals surface area (Å²) in [4.78, 5) is 6.84. The van der Waals surface area contributed by atoms with E-state index in [-0.39, 0.29) is 17.0 Å². The molecular weight excluding hydrogens is 234 g/mol. The fraction of sp³-hybridized carbons (Fsp3) is 0.688. The molecule has 0 aromatic carbocycles. The highest BCUT2D eigenvalue weighted by Gasteiger charge is 2.46. The lowest BCUT2D eigenvalue weighted by Crippen LogP contribution is -2.50. The Morgan fingerprint density at radius 3 is 2.58 bits per heavy atom. The van der Waals surface area contributed by atoms with Gasteiger partial charge in [-0.2, -0.15) is 0 Å². The first-order chi connectivity index (χ1) is 8.92. The average molecular weight is 259 g/mol. The first kappa shape index (κ1) is 13.1. The van der Waals surface area contributed by atoms with Gasteiger partial charge in [0.1, 0.15) is 0 Å². The second kappa shape index (κ2) is 4.29. The molecule has 1 aliphatic heterocycles. The highest BCUT2D eigenvalue weighted by Crippen LogP contribution is 2.50. The lowest BCUT2D eigenvalue weighted by molar-refractivity contribution is 0.0345. The Bertz CT molecular complexity index is 467. The van der Waals surface area contributed by atoms with Crippen molar-refractivity contribution in [1.29, 1.82) is 0 Å². The van der Waals surface area contributed by atoms with Gasteiger partial charge in [-0.15, -0.1) is 0 Å². The van der Waals surface area contributed by atoms with Crippen LogP contribution < -0.4 is 5.73 Å². The van der Waals surface area contributed by atoms with Gasteiger partial charge in [-0.05, 0) is 75.7 Å². The largest absolute Gasteiger partial charge is 0.323 e. The van der Waals surface area contributed by atoms with Crippen LogP contribution in [0.5, 0.6) is 0 Å². The van der Waals surface area contributed by atoms with Crippen molar-refractivity contribution in [3.63, 3.8) is 0 Å². The molecule has 19 heavy (non-hydrogen) atoms. The Morgan fingerprint density at radius 1 is 1.32 bits per heavy atom. The van der Waals surface area contributed by atoms with Crippen molar-refractivity contribution in [2.45, 2.75) is 51.6 Å². The minimum atomic E-state index is 0.179. The van der Waals surface area contributed by atoms with Gasteiger partial charge in [0.05, 0.1) is 0 Å². The van der Waals surface area contributed by atoms with E-state index in [1.165, 1.54) is 37.1 Å². The highest BCUT2D eigenvalue weighted by atomic mass is 15.2. The minimum Gasteiger partial charge on any atom is -0.323 e. The number of nitrogens with two attached hydrogens (primary N) is 1. The summed E-state index contributed by atoms with van der Waals surface area (Å²) in [6.07, 6.45) is 7.43. The molecule has 1 aromatic rings. The molecule has 2 heterocycles. The van der Waals surface area contributed by atoms with Crippen LogP contribution in [-0.2, 0) is 6.42 Å². The second-order valence-corrected chi connectivity index (χ2v) is 7.25. The second-order valence-electron chi connectivity index (χ2n) is 7.25. The summed E-state index contributed by atoms with van der Waals surface area (Å²) in [5, 5.41) is 0. The van der Waals surface area contributed by atoms with E-state index in [0.717, 1.165) is 6.42 Å². The summed E-state index contributed by atoms with van der Waals surface area (Å²) in [6.45, 7) is 9.24. The van der Waals surface area contributed by atoms with Gasteiger partial charge < -0.3 is 5.73 Å². The maximum Gasteiger partial charge on any atom is 0.0374 e.